The molecule has 8 nitrogen and oxygen atoms in total. The van der Waals surface area contributed by atoms with Gasteiger partial charge in [-0.1, -0.05) is 11.6 Å². The van der Waals surface area contributed by atoms with E-state index in [1.807, 2.05) is 0 Å². The molecule has 0 aliphatic rings. The highest BCUT2D eigenvalue weighted by Crippen LogP contribution is 2.26. The second kappa shape index (κ2) is 6.19. The minimum atomic E-state index is -0.619. The Hall–Kier alpha value is -2.00. The molecule has 2 heterocycles. The van der Waals surface area contributed by atoms with Crippen molar-refractivity contribution < 1.29 is 9.72 Å². The molecule has 110 valence electrons. The first-order chi connectivity index (χ1) is 9.88. The van der Waals surface area contributed by atoms with Gasteiger partial charge in [0.2, 0.25) is 5.91 Å². The van der Waals surface area contributed by atoms with E-state index in [4.69, 9.17) is 11.6 Å². The monoisotopic (exact) mass is 373 g/mol. The number of carbonyl (C=O) groups is 1. The Bertz CT molecular complexity index is 701. The zero-order chi connectivity index (χ0) is 15.6. The van der Waals surface area contributed by atoms with Crippen molar-refractivity contribution >= 4 is 45.1 Å². The van der Waals surface area contributed by atoms with Crippen LogP contribution in [0.25, 0.3) is 0 Å². The number of amides is 1. The highest BCUT2D eigenvalue weighted by atomic mass is 79.9. The number of nitrogens with zero attached hydrogens (tertiary/aromatic N) is 4. The van der Waals surface area contributed by atoms with Crippen molar-refractivity contribution in [3.63, 3.8) is 0 Å². The molecular weight excluding hydrogens is 366 g/mol. The van der Waals surface area contributed by atoms with E-state index in [-0.39, 0.29) is 16.8 Å². The summed E-state index contributed by atoms with van der Waals surface area (Å²) in [6.45, 7) is 1.46. The van der Waals surface area contributed by atoms with Crippen LogP contribution in [0.15, 0.2) is 22.8 Å². The topological polar surface area (TPSA) is 103 Å². The maximum absolute atomic E-state index is 11.9. The third-order valence-electron chi connectivity index (χ3n) is 2.58. The fraction of sp³-hybridized carbons (Fsp3) is 0.182. The van der Waals surface area contributed by atoms with E-state index in [2.05, 4.69) is 31.3 Å². The second-order valence-corrected chi connectivity index (χ2v) is 5.28. The summed E-state index contributed by atoms with van der Waals surface area (Å²) < 4.78 is 1.50. The summed E-state index contributed by atoms with van der Waals surface area (Å²) >= 11 is 8.77. The van der Waals surface area contributed by atoms with Crippen molar-refractivity contribution in [3.8, 4) is 0 Å². The van der Waals surface area contributed by atoms with Crippen molar-refractivity contribution in [2.75, 3.05) is 5.32 Å². The lowest BCUT2D eigenvalue weighted by Gasteiger charge is -2.03. The Balaban J connectivity index is 2.11. The molecule has 0 radical (unpaired) electrons. The number of nitrogens with one attached hydrogen (secondary N) is 1. The molecule has 1 N–H and O–H groups in total. The van der Waals surface area contributed by atoms with Crippen LogP contribution in [0.5, 0.6) is 0 Å². The quantitative estimate of drug-likeness (QED) is 0.654. The smallest absolute Gasteiger partial charge is 0.358 e. The van der Waals surface area contributed by atoms with Gasteiger partial charge in [-0.05, 0) is 39.9 Å². The van der Waals surface area contributed by atoms with Crippen LogP contribution in [-0.4, -0.2) is 25.6 Å². The molecule has 2 aromatic rings. The summed E-state index contributed by atoms with van der Waals surface area (Å²) in [5.74, 6) is -0.398. The lowest BCUT2D eigenvalue weighted by atomic mass is 10.4. The van der Waals surface area contributed by atoms with Crippen LogP contribution in [0.3, 0.4) is 0 Å². The number of hydrogen-bond acceptors (Lipinski definition) is 5. The zero-order valence-electron chi connectivity index (χ0n) is 10.7. The molecule has 1 amide bonds. The van der Waals surface area contributed by atoms with Gasteiger partial charge in [0.25, 0.3) is 0 Å². The maximum atomic E-state index is 11.9. The van der Waals surface area contributed by atoms with Gasteiger partial charge in [-0.25, -0.2) is 4.98 Å². The molecule has 2 rings (SSSR count). The van der Waals surface area contributed by atoms with Crippen molar-refractivity contribution in [2.45, 2.75) is 13.5 Å². The number of hydrogen-bond donors (Lipinski definition) is 1. The molecule has 2 aromatic heterocycles. The Kier molecular flexibility index (Phi) is 4.53. The van der Waals surface area contributed by atoms with Crippen LogP contribution in [-0.2, 0) is 11.3 Å². The largest absolute Gasteiger partial charge is 0.404 e. The highest BCUT2D eigenvalue weighted by Gasteiger charge is 2.24. The lowest BCUT2D eigenvalue weighted by molar-refractivity contribution is -0.390. The number of halogens is 2. The van der Waals surface area contributed by atoms with E-state index in [0.29, 0.717) is 16.5 Å². The first-order valence-electron chi connectivity index (χ1n) is 5.67. The average molecular weight is 375 g/mol. The number of carbonyl (C=O) groups excluding carboxylic acids is 1. The summed E-state index contributed by atoms with van der Waals surface area (Å²) in [5.41, 5.74) is 0.487. The van der Waals surface area contributed by atoms with Crippen molar-refractivity contribution in [2.24, 2.45) is 0 Å². The lowest BCUT2D eigenvalue weighted by Crippen LogP contribution is -2.20. The van der Waals surface area contributed by atoms with E-state index in [1.165, 1.54) is 10.9 Å². The average Bonchev–Trinajstić information content (AvgIpc) is 2.70. The first-order valence-corrected chi connectivity index (χ1v) is 6.84. The molecule has 0 aliphatic heterocycles. The van der Waals surface area contributed by atoms with E-state index < -0.39 is 10.8 Å². The van der Waals surface area contributed by atoms with Gasteiger partial charge in [-0.3, -0.25) is 4.79 Å². The molecule has 0 aliphatic carbocycles. The van der Waals surface area contributed by atoms with Crippen LogP contribution in [0.2, 0.25) is 5.02 Å². The van der Waals surface area contributed by atoms with Crippen LogP contribution in [0.1, 0.15) is 5.69 Å². The molecule has 0 saturated heterocycles. The summed E-state index contributed by atoms with van der Waals surface area (Å²) in [4.78, 5) is 26.0. The zero-order valence-corrected chi connectivity index (χ0v) is 13.1. The normalized spacial score (nSPS) is 10.4. The van der Waals surface area contributed by atoms with Gasteiger partial charge in [-0.2, -0.15) is 4.68 Å². The highest BCUT2D eigenvalue weighted by molar-refractivity contribution is 9.10. The summed E-state index contributed by atoms with van der Waals surface area (Å²) in [5, 5.41) is 17.5. The van der Waals surface area contributed by atoms with Gasteiger partial charge in [-0.15, -0.1) is 0 Å². The van der Waals surface area contributed by atoms with Gasteiger partial charge < -0.3 is 15.4 Å². The van der Waals surface area contributed by atoms with Gasteiger partial charge in [0.05, 0.1) is 15.8 Å². The van der Waals surface area contributed by atoms with Crippen LogP contribution < -0.4 is 5.32 Å². The fourth-order valence-electron chi connectivity index (χ4n) is 1.55. The fourth-order valence-corrected chi connectivity index (χ4v) is 2.09. The predicted molar refractivity (Wildman–Crippen MR) is 79.2 cm³/mol. The number of nitro groups is 1. The molecule has 10 heteroatoms. The van der Waals surface area contributed by atoms with E-state index in [9.17, 15) is 14.9 Å². The summed E-state index contributed by atoms with van der Waals surface area (Å²) in [7, 11) is 0. The van der Waals surface area contributed by atoms with Gasteiger partial charge >= 0.3 is 5.82 Å². The van der Waals surface area contributed by atoms with Gasteiger partial charge in [0, 0.05) is 6.20 Å². The molecule has 0 atom stereocenters. The first kappa shape index (κ1) is 15.4. The number of rotatable bonds is 4. The minimum Gasteiger partial charge on any atom is -0.358 e. The maximum Gasteiger partial charge on any atom is 0.404 e. The molecule has 0 unspecified atom stereocenters. The van der Waals surface area contributed by atoms with Gasteiger partial charge in [0.15, 0.2) is 0 Å². The SMILES string of the molecule is Cc1c(Br)c([N+](=O)[O-])nn1CC(=O)Nc1ccc(Cl)cn1. The Morgan fingerprint density at radius 1 is 1.57 bits per heavy atom. The number of aromatic nitrogens is 3. The van der Waals surface area contributed by atoms with E-state index in [1.54, 1.807) is 19.1 Å². The van der Waals surface area contributed by atoms with Crippen molar-refractivity contribution in [1.29, 1.82) is 0 Å². The Morgan fingerprint density at radius 2 is 2.29 bits per heavy atom. The minimum absolute atomic E-state index is 0.164. The summed E-state index contributed by atoms with van der Waals surface area (Å²) in [6.07, 6.45) is 1.40. The molecule has 0 saturated carbocycles. The standard InChI is InChI=1S/C11H9BrClN5O3/c1-6-10(12)11(18(20)21)16-17(6)5-9(19)15-8-3-2-7(13)4-14-8/h2-4H,5H2,1H3,(H,14,15,19). The summed E-state index contributed by atoms with van der Waals surface area (Å²) in [6, 6.07) is 3.14. The van der Waals surface area contributed by atoms with Crippen LogP contribution in [0, 0.1) is 17.0 Å². The Labute approximate surface area is 132 Å². The molecule has 21 heavy (non-hydrogen) atoms. The van der Waals surface area contributed by atoms with Crippen LogP contribution >= 0.6 is 27.5 Å². The van der Waals surface area contributed by atoms with Crippen molar-refractivity contribution in [1.82, 2.24) is 14.8 Å². The van der Waals surface area contributed by atoms with E-state index in [0.717, 1.165) is 0 Å². The van der Waals surface area contributed by atoms with E-state index >= 15 is 0 Å². The third-order valence-corrected chi connectivity index (χ3v) is 3.73. The number of anilines is 1. The molecule has 0 bridgehead atoms. The number of pyridine rings is 1. The predicted octanol–water partition coefficient (Wildman–Crippen LogP) is 2.55. The molecule has 0 fully saturated rings. The van der Waals surface area contributed by atoms with Crippen LogP contribution in [0.4, 0.5) is 11.6 Å². The van der Waals surface area contributed by atoms with Crippen molar-refractivity contribution in [3.05, 3.63) is 43.6 Å². The second-order valence-electron chi connectivity index (χ2n) is 4.05. The molecule has 0 spiro atoms. The Morgan fingerprint density at radius 3 is 2.81 bits per heavy atom. The van der Waals surface area contributed by atoms with Gasteiger partial charge in [0.1, 0.15) is 16.8 Å². The molecular formula is C11H9BrClN5O3. The molecule has 0 aromatic carbocycles. The third kappa shape index (κ3) is 3.56.